The Morgan fingerprint density at radius 2 is 1.79 bits per heavy atom. The third-order valence-corrected chi connectivity index (χ3v) is 4.86. The van der Waals surface area contributed by atoms with E-state index in [1.165, 1.54) is 0 Å². The van der Waals surface area contributed by atoms with Crippen LogP contribution in [0.15, 0.2) is 0 Å². The highest BCUT2D eigenvalue weighted by atomic mass is 19.3. The zero-order valence-electron chi connectivity index (χ0n) is 13.1. The Morgan fingerprint density at radius 1 is 1.12 bits per heavy atom. The molecule has 9 heteroatoms. The van der Waals surface area contributed by atoms with Gasteiger partial charge < -0.3 is 5.11 Å². The Hall–Kier alpha value is -2.03. The number of H-pyrrole nitrogens is 1. The fourth-order valence-corrected chi connectivity index (χ4v) is 3.41. The van der Waals surface area contributed by atoms with E-state index >= 15 is 0 Å². The molecule has 2 aliphatic rings. The molecule has 3 rings (SSSR count). The number of aromatic amines is 1. The van der Waals surface area contributed by atoms with Crippen LogP contribution in [0.4, 0.5) is 8.78 Å². The van der Waals surface area contributed by atoms with Crippen LogP contribution in [0.2, 0.25) is 0 Å². The van der Waals surface area contributed by atoms with Gasteiger partial charge in [0, 0.05) is 11.3 Å². The minimum Gasteiger partial charge on any atom is -0.383 e. The summed E-state index contributed by atoms with van der Waals surface area (Å²) < 4.78 is 28.3. The molecule has 1 heterocycles. The summed E-state index contributed by atoms with van der Waals surface area (Å²) in [6, 6.07) is 0. The monoisotopic (exact) mass is 342 g/mol. The Bertz CT molecular complexity index is 653. The standard InChI is InChI=1S/C15H20F2N4O3/c16-15(17,14(24)7-3-4-8-14)13(23)21-20-12(22)11-9-5-1-2-6-10(9)18-19-11/h24H,1-8H2,(H,18,19)(H,20,22)(H,21,23). The first-order valence-electron chi connectivity index (χ1n) is 8.12. The van der Waals surface area contributed by atoms with Crippen LogP contribution < -0.4 is 10.9 Å². The fourth-order valence-electron chi connectivity index (χ4n) is 3.41. The van der Waals surface area contributed by atoms with Gasteiger partial charge in [-0.05, 0) is 38.5 Å². The Labute approximate surface area is 137 Å². The van der Waals surface area contributed by atoms with Gasteiger partial charge in [0.1, 0.15) is 5.60 Å². The maximum Gasteiger partial charge on any atom is 0.354 e. The molecule has 24 heavy (non-hydrogen) atoms. The second kappa shape index (κ2) is 6.12. The van der Waals surface area contributed by atoms with Crippen LogP contribution in [-0.4, -0.2) is 38.6 Å². The van der Waals surface area contributed by atoms with Gasteiger partial charge in [-0.15, -0.1) is 0 Å². The predicted molar refractivity (Wildman–Crippen MR) is 79.2 cm³/mol. The Kier molecular flexibility index (Phi) is 4.29. The molecule has 2 amide bonds. The average Bonchev–Trinajstić information content (AvgIpc) is 3.19. The molecular weight excluding hydrogens is 322 g/mol. The van der Waals surface area contributed by atoms with Gasteiger partial charge in [0.25, 0.3) is 5.91 Å². The van der Waals surface area contributed by atoms with Crippen molar-refractivity contribution in [3.8, 4) is 0 Å². The summed E-state index contributed by atoms with van der Waals surface area (Å²) in [5, 5.41) is 16.6. The number of aliphatic hydroxyl groups is 1. The number of fused-ring (bicyclic) bond motifs is 1. The number of aromatic nitrogens is 2. The van der Waals surface area contributed by atoms with Crippen molar-refractivity contribution in [1.29, 1.82) is 0 Å². The van der Waals surface area contributed by atoms with Crippen molar-refractivity contribution in [2.45, 2.75) is 62.9 Å². The lowest BCUT2D eigenvalue weighted by Crippen LogP contribution is -2.59. The summed E-state index contributed by atoms with van der Waals surface area (Å²) in [5.74, 6) is -6.44. The van der Waals surface area contributed by atoms with Crippen molar-refractivity contribution in [2.24, 2.45) is 0 Å². The molecule has 4 N–H and O–H groups in total. The highest BCUT2D eigenvalue weighted by Gasteiger charge is 2.59. The molecular formula is C15H20F2N4O3. The van der Waals surface area contributed by atoms with Crippen LogP contribution in [0.1, 0.15) is 60.3 Å². The molecule has 1 fully saturated rings. The molecule has 0 atom stereocenters. The van der Waals surface area contributed by atoms with E-state index in [0.29, 0.717) is 19.3 Å². The lowest BCUT2D eigenvalue weighted by atomic mass is 9.93. The minimum absolute atomic E-state index is 0.105. The smallest absolute Gasteiger partial charge is 0.354 e. The Balaban J connectivity index is 1.64. The van der Waals surface area contributed by atoms with E-state index in [1.54, 1.807) is 5.43 Å². The number of nitrogens with one attached hydrogen (secondary N) is 3. The quantitative estimate of drug-likeness (QED) is 0.615. The summed E-state index contributed by atoms with van der Waals surface area (Å²) in [5.41, 5.74) is 3.06. The van der Waals surface area contributed by atoms with Crippen molar-refractivity contribution in [3.05, 3.63) is 17.0 Å². The summed E-state index contributed by atoms with van der Waals surface area (Å²) >= 11 is 0. The van der Waals surface area contributed by atoms with Crippen molar-refractivity contribution in [2.75, 3.05) is 0 Å². The van der Waals surface area contributed by atoms with Crippen molar-refractivity contribution in [1.82, 2.24) is 21.0 Å². The largest absolute Gasteiger partial charge is 0.383 e. The molecule has 0 spiro atoms. The van der Waals surface area contributed by atoms with Gasteiger partial charge >= 0.3 is 11.8 Å². The van der Waals surface area contributed by atoms with E-state index in [1.807, 2.05) is 5.43 Å². The molecule has 0 saturated heterocycles. The summed E-state index contributed by atoms with van der Waals surface area (Å²) in [4.78, 5) is 23.9. The average molecular weight is 342 g/mol. The van der Waals surface area contributed by atoms with Crippen molar-refractivity contribution >= 4 is 11.8 Å². The molecule has 0 radical (unpaired) electrons. The highest BCUT2D eigenvalue weighted by molar-refractivity contribution is 5.96. The predicted octanol–water partition coefficient (Wildman–Crippen LogP) is 0.990. The summed E-state index contributed by atoms with van der Waals surface area (Å²) in [6.07, 6.45) is 3.96. The fraction of sp³-hybridized carbons (Fsp3) is 0.667. The third kappa shape index (κ3) is 2.77. The van der Waals surface area contributed by atoms with Crippen LogP contribution in [0, 0.1) is 0 Å². The molecule has 7 nitrogen and oxygen atoms in total. The number of alkyl halides is 2. The zero-order valence-corrected chi connectivity index (χ0v) is 13.1. The van der Waals surface area contributed by atoms with E-state index in [0.717, 1.165) is 30.5 Å². The first kappa shape index (κ1) is 16.8. The SMILES string of the molecule is O=C(NNC(=O)C(F)(F)C1(O)CCCC1)c1n[nH]c2c1CCCC2. The molecule has 1 saturated carbocycles. The van der Waals surface area contributed by atoms with Crippen molar-refractivity contribution < 1.29 is 23.5 Å². The van der Waals surface area contributed by atoms with Gasteiger partial charge in [-0.1, -0.05) is 12.8 Å². The van der Waals surface area contributed by atoms with Gasteiger partial charge in [-0.3, -0.25) is 25.5 Å². The van der Waals surface area contributed by atoms with Crippen LogP contribution in [-0.2, 0) is 17.6 Å². The summed E-state index contributed by atoms with van der Waals surface area (Å²) in [7, 11) is 0. The number of hydrogen-bond donors (Lipinski definition) is 4. The number of hydrogen-bond acceptors (Lipinski definition) is 4. The molecule has 2 aliphatic carbocycles. The molecule has 1 aromatic rings. The normalized spacial score (nSPS) is 19.6. The number of rotatable bonds is 3. The van der Waals surface area contributed by atoms with Gasteiger partial charge in [0.2, 0.25) is 0 Å². The maximum absolute atomic E-state index is 14.1. The Morgan fingerprint density at radius 3 is 2.50 bits per heavy atom. The molecule has 0 unspecified atom stereocenters. The number of nitrogens with zero attached hydrogens (tertiary/aromatic N) is 1. The number of carbonyl (C=O) groups is 2. The molecule has 0 aliphatic heterocycles. The summed E-state index contributed by atoms with van der Waals surface area (Å²) in [6.45, 7) is 0. The third-order valence-electron chi connectivity index (χ3n) is 4.86. The second-order valence-electron chi connectivity index (χ2n) is 6.46. The maximum atomic E-state index is 14.1. The number of carbonyl (C=O) groups excluding carboxylic acids is 2. The lowest BCUT2D eigenvalue weighted by Gasteiger charge is -2.30. The molecule has 0 bridgehead atoms. The highest BCUT2D eigenvalue weighted by Crippen LogP contribution is 2.41. The zero-order chi connectivity index (χ0) is 17.4. The second-order valence-corrected chi connectivity index (χ2v) is 6.46. The minimum atomic E-state index is -3.97. The van der Waals surface area contributed by atoms with E-state index in [9.17, 15) is 23.5 Å². The van der Waals surface area contributed by atoms with Crippen LogP contribution in [0.5, 0.6) is 0 Å². The molecule has 132 valence electrons. The van der Waals surface area contributed by atoms with Gasteiger partial charge in [-0.25, -0.2) is 0 Å². The van der Waals surface area contributed by atoms with E-state index in [2.05, 4.69) is 10.2 Å². The number of aryl methyl sites for hydroxylation is 1. The number of amides is 2. The van der Waals surface area contributed by atoms with E-state index in [-0.39, 0.29) is 18.5 Å². The van der Waals surface area contributed by atoms with E-state index < -0.39 is 23.3 Å². The van der Waals surface area contributed by atoms with Crippen LogP contribution in [0.3, 0.4) is 0 Å². The van der Waals surface area contributed by atoms with E-state index in [4.69, 9.17) is 0 Å². The van der Waals surface area contributed by atoms with Gasteiger partial charge in [0.05, 0.1) is 0 Å². The van der Waals surface area contributed by atoms with Crippen molar-refractivity contribution in [3.63, 3.8) is 0 Å². The first-order chi connectivity index (χ1) is 11.3. The lowest BCUT2D eigenvalue weighted by molar-refractivity contribution is -0.191. The first-order valence-corrected chi connectivity index (χ1v) is 8.12. The van der Waals surface area contributed by atoms with Gasteiger partial charge in [-0.2, -0.15) is 13.9 Å². The van der Waals surface area contributed by atoms with Gasteiger partial charge in [0.15, 0.2) is 5.69 Å². The number of halogens is 2. The van der Waals surface area contributed by atoms with Crippen LogP contribution in [0.25, 0.3) is 0 Å². The number of hydrazine groups is 1. The molecule has 1 aromatic heterocycles. The molecule has 0 aromatic carbocycles. The topological polar surface area (TPSA) is 107 Å². The van der Waals surface area contributed by atoms with Crippen LogP contribution >= 0.6 is 0 Å².